The summed E-state index contributed by atoms with van der Waals surface area (Å²) in [7, 11) is 1.72. The lowest BCUT2D eigenvalue weighted by atomic mass is 10.0. The highest BCUT2D eigenvalue weighted by Crippen LogP contribution is 2.38. The highest BCUT2D eigenvalue weighted by Gasteiger charge is 2.35. The van der Waals surface area contributed by atoms with Crippen LogP contribution in [0.5, 0.6) is 0 Å². The number of benzene rings is 1. The van der Waals surface area contributed by atoms with Gasteiger partial charge >= 0.3 is 6.18 Å². The number of nitrogens with zero attached hydrogens (tertiary/aromatic N) is 1. The topological polar surface area (TPSA) is 29.3 Å². The van der Waals surface area contributed by atoms with Gasteiger partial charge in [-0.1, -0.05) is 19.4 Å². The number of alkyl halides is 3. The third-order valence-electron chi connectivity index (χ3n) is 3.67. The molecule has 0 bridgehead atoms. The predicted molar refractivity (Wildman–Crippen MR) is 81.6 cm³/mol. The molecule has 0 aliphatic rings. The van der Waals surface area contributed by atoms with E-state index in [-0.39, 0.29) is 17.8 Å². The molecule has 0 spiro atoms. The first-order valence-electron chi connectivity index (χ1n) is 7.35. The van der Waals surface area contributed by atoms with E-state index in [1.807, 2.05) is 13.8 Å². The Morgan fingerprint density at radius 3 is 2.33 bits per heavy atom. The molecule has 120 valence electrons. The molecule has 5 heteroatoms. The normalized spacial score (nSPS) is 14.9. The molecule has 0 radical (unpaired) electrons. The van der Waals surface area contributed by atoms with Crippen molar-refractivity contribution >= 4 is 5.69 Å². The van der Waals surface area contributed by atoms with Gasteiger partial charge in [-0.3, -0.25) is 0 Å². The molecule has 0 amide bonds. The van der Waals surface area contributed by atoms with Gasteiger partial charge in [0.25, 0.3) is 0 Å². The van der Waals surface area contributed by atoms with Crippen LogP contribution in [0.25, 0.3) is 0 Å². The summed E-state index contributed by atoms with van der Waals surface area (Å²) >= 11 is 0. The Kier molecular flexibility index (Phi) is 6.08. The van der Waals surface area contributed by atoms with Crippen LogP contribution < -0.4 is 10.6 Å². The van der Waals surface area contributed by atoms with Gasteiger partial charge in [0, 0.05) is 24.8 Å². The van der Waals surface area contributed by atoms with E-state index in [0.717, 1.165) is 12.8 Å². The first kappa shape index (κ1) is 17.8. The second-order valence-corrected chi connectivity index (χ2v) is 5.78. The fourth-order valence-corrected chi connectivity index (χ4v) is 2.47. The van der Waals surface area contributed by atoms with Crippen LogP contribution in [0, 0.1) is 0 Å². The van der Waals surface area contributed by atoms with Crippen LogP contribution >= 0.6 is 0 Å². The minimum absolute atomic E-state index is 0.0652. The maximum Gasteiger partial charge on any atom is 0.418 e. The van der Waals surface area contributed by atoms with E-state index >= 15 is 0 Å². The molecular formula is C16H25F3N2. The first-order valence-corrected chi connectivity index (χ1v) is 7.35. The Balaban J connectivity index is 3.19. The molecule has 1 rings (SSSR count). The van der Waals surface area contributed by atoms with E-state index in [0.29, 0.717) is 12.0 Å². The maximum atomic E-state index is 13.3. The zero-order valence-corrected chi connectivity index (χ0v) is 13.2. The number of hydrogen-bond acceptors (Lipinski definition) is 2. The lowest BCUT2D eigenvalue weighted by molar-refractivity contribution is -0.137. The molecular weight excluding hydrogens is 277 g/mol. The summed E-state index contributed by atoms with van der Waals surface area (Å²) in [6.07, 6.45) is -2.12. The van der Waals surface area contributed by atoms with Gasteiger partial charge in [0.05, 0.1) is 5.56 Å². The van der Waals surface area contributed by atoms with E-state index in [4.69, 9.17) is 5.73 Å². The first-order chi connectivity index (χ1) is 9.66. The summed E-state index contributed by atoms with van der Waals surface area (Å²) in [5.41, 5.74) is 5.96. The smallest absolute Gasteiger partial charge is 0.371 e. The van der Waals surface area contributed by atoms with Crippen molar-refractivity contribution in [2.75, 3.05) is 11.9 Å². The molecule has 0 saturated carbocycles. The Hall–Kier alpha value is -1.23. The highest BCUT2D eigenvalue weighted by atomic mass is 19.4. The summed E-state index contributed by atoms with van der Waals surface area (Å²) in [6, 6.07) is 4.44. The van der Waals surface area contributed by atoms with E-state index in [2.05, 4.69) is 0 Å². The fourth-order valence-electron chi connectivity index (χ4n) is 2.47. The molecule has 2 unspecified atom stereocenters. The zero-order chi connectivity index (χ0) is 16.2. The van der Waals surface area contributed by atoms with Crippen LogP contribution in [0.1, 0.15) is 44.7 Å². The van der Waals surface area contributed by atoms with Gasteiger partial charge < -0.3 is 10.6 Å². The molecule has 0 aliphatic carbocycles. The van der Waals surface area contributed by atoms with E-state index in [9.17, 15) is 13.2 Å². The molecule has 0 aliphatic heterocycles. The SMILES string of the molecule is CCCC(C)N(C)c1ccc(CC(C)N)cc1C(F)(F)F. The summed E-state index contributed by atoms with van der Waals surface area (Å²) in [5, 5.41) is 0. The Bertz CT molecular complexity index is 455. The van der Waals surface area contributed by atoms with Crippen molar-refractivity contribution in [3.8, 4) is 0 Å². The Morgan fingerprint density at radius 1 is 1.24 bits per heavy atom. The minimum Gasteiger partial charge on any atom is -0.371 e. The molecule has 2 N–H and O–H groups in total. The van der Waals surface area contributed by atoms with Gasteiger partial charge in [0.2, 0.25) is 0 Å². The molecule has 2 nitrogen and oxygen atoms in total. The fraction of sp³-hybridized carbons (Fsp3) is 0.625. The molecule has 1 aromatic rings. The van der Waals surface area contributed by atoms with E-state index < -0.39 is 11.7 Å². The molecule has 1 aromatic carbocycles. The lowest BCUT2D eigenvalue weighted by Crippen LogP contribution is -2.30. The number of nitrogens with two attached hydrogens (primary N) is 1. The van der Waals surface area contributed by atoms with Crippen LogP contribution in [0.15, 0.2) is 18.2 Å². The molecule has 0 fully saturated rings. The Morgan fingerprint density at radius 2 is 1.86 bits per heavy atom. The molecule has 21 heavy (non-hydrogen) atoms. The van der Waals surface area contributed by atoms with Crippen molar-refractivity contribution in [3.05, 3.63) is 29.3 Å². The van der Waals surface area contributed by atoms with Gasteiger partial charge in [-0.15, -0.1) is 0 Å². The monoisotopic (exact) mass is 302 g/mol. The van der Waals surface area contributed by atoms with Gasteiger partial charge in [-0.2, -0.15) is 13.2 Å². The van der Waals surface area contributed by atoms with Gasteiger partial charge in [0.1, 0.15) is 0 Å². The van der Waals surface area contributed by atoms with Crippen molar-refractivity contribution in [2.45, 2.75) is 58.3 Å². The van der Waals surface area contributed by atoms with E-state index in [1.165, 1.54) is 6.07 Å². The number of halogens is 3. The average molecular weight is 302 g/mol. The maximum absolute atomic E-state index is 13.3. The predicted octanol–water partition coefficient (Wildman–Crippen LogP) is 4.22. The van der Waals surface area contributed by atoms with Gasteiger partial charge in [-0.05, 0) is 44.4 Å². The highest BCUT2D eigenvalue weighted by molar-refractivity contribution is 5.56. The summed E-state index contributed by atoms with van der Waals surface area (Å²) in [4.78, 5) is 1.71. The van der Waals surface area contributed by atoms with Crippen molar-refractivity contribution in [1.82, 2.24) is 0 Å². The number of rotatable bonds is 6. The number of hydrogen-bond donors (Lipinski definition) is 1. The molecule has 0 aromatic heterocycles. The van der Waals surface area contributed by atoms with Gasteiger partial charge in [-0.25, -0.2) is 0 Å². The van der Waals surface area contributed by atoms with Crippen LogP contribution in [0.3, 0.4) is 0 Å². The van der Waals surface area contributed by atoms with Crippen molar-refractivity contribution in [1.29, 1.82) is 0 Å². The van der Waals surface area contributed by atoms with Crippen molar-refractivity contribution in [3.63, 3.8) is 0 Å². The Labute approximate surface area is 125 Å². The van der Waals surface area contributed by atoms with Gasteiger partial charge in [0.15, 0.2) is 0 Å². The van der Waals surface area contributed by atoms with Crippen LogP contribution in [0.4, 0.5) is 18.9 Å². The zero-order valence-electron chi connectivity index (χ0n) is 13.2. The average Bonchev–Trinajstić information content (AvgIpc) is 2.36. The summed E-state index contributed by atoms with van der Waals surface area (Å²) < 4.78 is 40.0. The lowest BCUT2D eigenvalue weighted by Gasteiger charge is -2.30. The second-order valence-electron chi connectivity index (χ2n) is 5.78. The minimum atomic E-state index is -4.36. The quantitative estimate of drug-likeness (QED) is 0.852. The van der Waals surface area contributed by atoms with Crippen LogP contribution in [-0.2, 0) is 12.6 Å². The van der Waals surface area contributed by atoms with Crippen molar-refractivity contribution < 1.29 is 13.2 Å². The van der Waals surface area contributed by atoms with E-state index in [1.54, 1.807) is 31.0 Å². The van der Waals surface area contributed by atoms with Crippen molar-refractivity contribution in [2.24, 2.45) is 5.73 Å². The van der Waals surface area contributed by atoms with Crippen LogP contribution in [-0.4, -0.2) is 19.1 Å². The molecule has 0 heterocycles. The third-order valence-corrected chi connectivity index (χ3v) is 3.67. The summed E-state index contributed by atoms with van der Waals surface area (Å²) in [5.74, 6) is 0. The third kappa shape index (κ3) is 4.92. The van der Waals surface area contributed by atoms with Crippen LogP contribution in [0.2, 0.25) is 0 Å². The molecule has 0 saturated heterocycles. The second kappa shape index (κ2) is 7.16. The number of anilines is 1. The molecule has 2 atom stereocenters. The summed E-state index contributed by atoms with van der Waals surface area (Å²) in [6.45, 7) is 5.76. The standard InChI is InChI=1S/C16H25F3N2/c1-5-6-12(3)21(4)15-8-7-13(9-11(2)20)10-14(15)16(17,18)19/h7-8,10-12H,5-6,9,20H2,1-4H3. The largest absolute Gasteiger partial charge is 0.418 e.